The molecule has 0 heterocycles. The van der Waals surface area contributed by atoms with E-state index in [1.54, 1.807) is 0 Å². The second-order valence-corrected chi connectivity index (χ2v) is 4.07. The van der Waals surface area contributed by atoms with Gasteiger partial charge in [0.2, 0.25) is 0 Å². The van der Waals surface area contributed by atoms with E-state index in [1.165, 1.54) is 24.1 Å². The van der Waals surface area contributed by atoms with E-state index in [2.05, 4.69) is 0 Å². The third kappa shape index (κ3) is 4.64. The molecule has 0 aliphatic carbocycles. The summed E-state index contributed by atoms with van der Waals surface area (Å²) in [5.41, 5.74) is -0.0770. The van der Waals surface area contributed by atoms with E-state index in [1.807, 2.05) is 0 Å². The molecule has 0 aromatic heterocycles. The zero-order valence-corrected chi connectivity index (χ0v) is 11.2. The van der Waals surface area contributed by atoms with Gasteiger partial charge in [-0.3, -0.25) is 19.7 Å². The van der Waals surface area contributed by atoms with Crippen LogP contribution in [0.5, 0.6) is 5.75 Å². The minimum Gasteiger partial charge on any atom is -0.490 e. The average molecular weight is 298 g/mol. The monoisotopic (exact) mass is 298 g/mol. The summed E-state index contributed by atoms with van der Waals surface area (Å²) in [6.45, 7) is -0.540. The molecular formula is C12H14N2O7. The third-order valence-corrected chi connectivity index (χ3v) is 2.65. The number of nitrogens with zero attached hydrogens (tertiary/aromatic N) is 2. The number of hydrogen-bond acceptors (Lipinski definition) is 6. The van der Waals surface area contributed by atoms with Gasteiger partial charge < -0.3 is 19.8 Å². The van der Waals surface area contributed by atoms with Crippen LogP contribution in [0.1, 0.15) is 6.42 Å². The van der Waals surface area contributed by atoms with Crippen molar-refractivity contribution in [2.75, 3.05) is 25.1 Å². The fourth-order valence-electron chi connectivity index (χ4n) is 1.71. The highest BCUT2D eigenvalue weighted by Gasteiger charge is 2.19. The number of nitro groups is 1. The first kappa shape index (κ1) is 16.2. The van der Waals surface area contributed by atoms with Crippen molar-refractivity contribution in [2.24, 2.45) is 0 Å². The number of carbonyl (C=O) groups is 2. The normalized spacial score (nSPS) is 9.95. The van der Waals surface area contributed by atoms with E-state index in [4.69, 9.17) is 14.9 Å². The summed E-state index contributed by atoms with van der Waals surface area (Å²) < 4.78 is 4.85. The molecule has 0 fully saturated rings. The lowest BCUT2D eigenvalue weighted by Crippen LogP contribution is -2.31. The highest BCUT2D eigenvalue weighted by Crippen LogP contribution is 2.31. The molecule has 0 aliphatic heterocycles. The van der Waals surface area contributed by atoms with Crippen LogP contribution in [0, 0.1) is 10.1 Å². The Labute approximate surface area is 119 Å². The Morgan fingerprint density at radius 1 is 1.33 bits per heavy atom. The summed E-state index contributed by atoms with van der Waals surface area (Å²) in [5.74, 6) is -2.22. The summed E-state index contributed by atoms with van der Waals surface area (Å²) in [6, 6.07) is 3.93. The number of methoxy groups -OCH3 is 1. The third-order valence-electron chi connectivity index (χ3n) is 2.65. The lowest BCUT2D eigenvalue weighted by Gasteiger charge is -2.22. The molecule has 0 saturated heterocycles. The SMILES string of the molecule is COc1ccc(N(CCC(=O)O)CC(=O)O)cc1[N+](=O)[O-]. The van der Waals surface area contributed by atoms with Gasteiger partial charge in [-0.1, -0.05) is 0 Å². The molecule has 1 aromatic carbocycles. The maximum Gasteiger partial charge on any atom is 0.323 e. The molecular weight excluding hydrogens is 284 g/mol. The van der Waals surface area contributed by atoms with Gasteiger partial charge in [-0.25, -0.2) is 0 Å². The molecule has 0 atom stereocenters. The van der Waals surface area contributed by atoms with Crippen LogP contribution in [-0.2, 0) is 9.59 Å². The zero-order valence-electron chi connectivity index (χ0n) is 11.2. The molecule has 114 valence electrons. The van der Waals surface area contributed by atoms with Crippen LogP contribution in [0.25, 0.3) is 0 Å². The molecule has 0 aliphatic rings. The van der Waals surface area contributed by atoms with Gasteiger partial charge in [0, 0.05) is 18.3 Å². The van der Waals surface area contributed by atoms with Crippen molar-refractivity contribution in [3.63, 3.8) is 0 Å². The van der Waals surface area contributed by atoms with Gasteiger partial charge in [-0.05, 0) is 12.1 Å². The number of aliphatic carboxylic acids is 2. The highest BCUT2D eigenvalue weighted by atomic mass is 16.6. The first-order valence-corrected chi connectivity index (χ1v) is 5.86. The number of benzene rings is 1. The summed E-state index contributed by atoms with van der Waals surface area (Å²) in [4.78, 5) is 32.9. The number of hydrogen-bond donors (Lipinski definition) is 2. The summed E-state index contributed by atoms with van der Waals surface area (Å²) in [7, 11) is 1.28. The number of anilines is 1. The molecule has 9 nitrogen and oxygen atoms in total. The van der Waals surface area contributed by atoms with Gasteiger partial charge in [-0.2, -0.15) is 0 Å². The standard InChI is InChI=1S/C12H14N2O7/c1-21-10-3-2-8(6-9(10)14(19)20)13(7-12(17)18)5-4-11(15)16/h2-3,6H,4-5,7H2,1H3,(H,15,16)(H,17,18). The minimum atomic E-state index is -1.17. The Morgan fingerprint density at radius 3 is 2.48 bits per heavy atom. The number of ether oxygens (including phenoxy) is 1. The molecule has 21 heavy (non-hydrogen) atoms. The van der Waals surface area contributed by atoms with Gasteiger partial charge in [0.1, 0.15) is 6.54 Å². The van der Waals surface area contributed by atoms with Crippen molar-refractivity contribution in [2.45, 2.75) is 6.42 Å². The van der Waals surface area contributed by atoms with E-state index in [9.17, 15) is 19.7 Å². The topological polar surface area (TPSA) is 130 Å². The lowest BCUT2D eigenvalue weighted by atomic mass is 10.2. The van der Waals surface area contributed by atoms with Crippen LogP contribution in [-0.4, -0.2) is 47.3 Å². The number of rotatable bonds is 8. The molecule has 0 unspecified atom stereocenters. The lowest BCUT2D eigenvalue weighted by molar-refractivity contribution is -0.385. The Hall–Kier alpha value is -2.84. The van der Waals surface area contributed by atoms with E-state index >= 15 is 0 Å². The number of carboxylic acid groups (broad SMARTS) is 2. The van der Waals surface area contributed by atoms with Crippen LogP contribution >= 0.6 is 0 Å². The molecule has 1 rings (SSSR count). The smallest absolute Gasteiger partial charge is 0.323 e. The predicted molar refractivity (Wildman–Crippen MR) is 71.8 cm³/mol. The van der Waals surface area contributed by atoms with E-state index in [0.29, 0.717) is 0 Å². The fraction of sp³-hybridized carbons (Fsp3) is 0.333. The van der Waals surface area contributed by atoms with Gasteiger partial charge >= 0.3 is 17.6 Å². The molecule has 0 radical (unpaired) electrons. The average Bonchev–Trinajstić information content (AvgIpc) is 2.42. The predicted octanol–water partition coefficient (Wildman–Crippen LogP) is 0.969. The van der Waals surface area contributed by atoms with Gasteiger partial charge in [0.25, 0.3) is 0 Å². The van der Waals surface area contributed by atoms with Gasteiger partial charge in [0.05, 0.1) is 18.5 Å². The Morgan fingerprint density at radius 2 is 2.00 bits per heavy atom. The van der Waals surface area contributed by atoms with Crippen LogP contribution < -0.4 is 9.64 Å². The second-order valence-electron chi connectivity index (χ2n) is 4.07. The molecule has 2 N–H and O–H groups in total. The van der Waals surface area contributed by atoms with E-state index in [0.717, 1.165) is 6.07 Å². The van der Waals surface area contributed by atoms with Crippen molar-refractivity contribution in [3.8, 4) is 5.75 Å². The maximum atomic E-state index is 10.9. The molecule has 0 spiro atoms. The Balaban J connectivity index is 3.11. The summed E-state index contributed by atoms with van der Waals surface area (Å²) >= 11 is 0. The van der Waals surface area contributed by atoms with Crippen LogP contribution in [0.4, 0.5) is 11.4 Å². The van der Waals surface area contributed by atoms with Crippen molar-refractivity contribution < 1.29 is 29.5 Å². The maximum absolute atomic E-state index is 10.9. The minimum absolute atomic E-state index is 0.0391. The number of carboxylic acids is 2. The van der Waals surface area contributed by atoms with Crippen molar-refractivity contribution in [3.05, 3.63) is 28.3 Å². The quantitative estimate of drug-likeness (QED) is 0.536. The number of nitro benzene ring substituents is 1. The molecule has 1 aromatic rings. The fourth-order valence-corrected chi connectivity index (χ4v) is 1.71. The van der Waals surface area contributed by atoms with E-state index in [-0.39, 0.29) is 30.1 Å². The van der Waals surface area contributed by atoms with Gasteiger partial charge in [-0.15, -0.1) is 0 Å². The van der Waals surface area contributed by atoms with Gasteiger partial charge in [0.15, 0.2) is 5.75 Å². The molecule has 0 amide bonds. The molecule has 0 saturated carbocycles. The largest absolute Gasteiger partial charge is 0.490 e. The van der Waals surface area contributed by atoms with Crippen molar-refractivity contribution in [1.82, 2.24) is 0 Å². The van der Waals surface area contributed by atoms with Crippen LogP contribution in [0.3, 0.4) is 0 Å². The summed E-state index contributed by atoms with van der Waals surface area (Å²) in [6.07, 6.45) is -0.285. The van der Waals surface area contributed by atoms with Crippen LogP contribution in [0.15, 0.2) is 18.2 Å². The first-order valence-electron chi connectivity index (χ1n) is 5.86. The Bertz CT molecular complexity index is 559. The highest BCUT2D eigenvalue weighted by molar-refractivity contribution is 5.75. The van der Waals surface area contributed by atoms with E-state index < -0.39 is 23.4 Å². The first-order chi connectivity index (χ1) is 9.85. The van der Waals surface area contributed by atoms with Crippen molar-refractivity contribution in [1.29, 1.82) is 0 Å². The Kier molecular flexibility index (Phi) is 5.47. The molecule has 9 heteroatoms. The second kappa shape index (κ2) is 7.08. The van der Waals surface area contributed by atoms with Crippen molar-refractivity contribution >= 4 is 23.3 Å². The van der Waals surface area contributed by atoms with Crippen LogP contribution in [0.2, 0.25) is 0 Å². The molecule has 0 bridgehead atoms. The summed E-state index contributed by atoms with van der Waals surface area (Å²) in [5, 5.41) is 28.4. The zero-order chi connectivity index (χ0) is 16.0.